The Balaban J connectivity index is 1.75. The van der Waals surface area contributed by atoms with E-state index in [4.69, 9.17) is 4.74 Å². The van der Waals surface area contributed by atoms with Crippen molar-refractivity contribution in [3.05, 3.63) is 0 Å². The van der Waals surface area contributed by atoms with Crippen LogP contribution in [0.3, 0.4) is 0 Å². The van der Waals surface area contributed by atoms with Gasteiger partial charge in [-0.25, -0.2) is 0 Å². The first-order valence-electron chi connectivity index (χ1n) is 8.78. The summed E-state index contributed by atoms with van der Waals surface area (Å²) in [6.07, 6.45) is 7.41. The predicted molar refractivity (Wildman–Crippen MR) is 80.1 cm³/mol. The molecule has 4 fully saturated rings. The van der Waals surface area contributed by atoms with Crippen LogP contribution in [0.4, 0.5) is 0 Å². The van der Waals surface area contributed by atoms with Gasteiger partial charge in [0.15, 0.2) is 0 Å². The topological polar surface area (TPSA) is 63.6 Å². The van der Waals surface area contributed by atoms with E-state index < -0.39 is 11.4 Å². The van der Waals surface area contributed by atoms with Crippen molar-refractivity contribution >= 4 is 11.9 Å². The van der Waals surface area contributed by atoms with Crippen molar-refractivity contribution in [1.82, 2.24) is 0 Å². The van der Waals surface area contributed by atoms with Crippen LogP contribution in [0.1, 0.15) is 65.2 Å². The number of rotatable bonds is 1. The minimum absolute atomic E-state index is 0.000764. The van der Waals surface area contributed by atoms with Crippen molar-refractivity contribution in [3.63, 3.8) is 0 Å². The average molecular weight is 306 g/mol. The molecule has 3 aliphatic carbocycles. The fraction of sp³-hybridized carbons (Fsp3) is 0.889. The Labute approximate surface area is 131 Å². The van der Waals surface area contributed by atoms with Crippen molar-refractivity contribution in [3.8, 4) is 0 Å². The molecular weight excluding hydrogens is 280 g/mol. The van der Waals surface area contributed by atoms with Gasteiger partial charge < -0.3 is 9.84 Å². The summed E-state index contributed by atoms with van der Waals surface area (Å²) in [6, 6.07) is 0. The van der Waals surface area contributed by atoms with E-state index in [9.17, 15) is 14.7 Å². The second-order valence-corrected chi connectivity index (χ2v) is 8.69. The predicted octanol–water partition coefficient (Wildman–Crippen LogP) is 3.39. The molecule has 2 bridgehead atoms. The first-order chi connectivity index (χ1) is 10.3. The summed E-state index contributed by atoms with van der Waals surface area (Å²) in [4.78, 5) is 24.0. The van der Waals surface area contributed by atoms with Gasteiger partial charge in [-0.2, -0.15) is 0 Å². The highest BCUT2D eigenvalue weighted by Crippen LogP contribution is 2.67. The Morgan fingerprint density at radius 1 is 1.14 bits per heavy atom. The van der Waals surface area contributed by atoms with E-state index in [1.165, 1.54) is 0 Å². The maximum Gasteiger partial charge on any atom is 0.309 e. The number of fused-ring (bicyclic) bond motifs is 3. The van der Waals surface area contributed by atoms with E-state index in [0.29, 0.717) is 5.92 Å². The fourth-order valence-corrected chi connectivity index (χ4v) is 6.77. The van der Waals surface area contributed by atoms with Gasteiger partial charge in [0.05, 0.1) is 11.3 Å². The van der Waals surface area contributed by atoms with Gasteiger partial charge in [0.1, 0.15) is 5.60 Å². The van der Waals surface area contributed by atoms with Gasteiger partial charge in [-0.15, -0.1) is 0 Å². The van der Waals surface area contributed by atoms with Crippen LogP contribution < -0.4 is 0 Å². The quantitative estimate of drug-likeness (QED) is 0.754. The standard InChI is InChI=1S/C18H26O4/c1-16-7-3-8-17(2,15(20)21)12(16)6-9-18-10-11(14(19)22-18)4-5-13(16)18/h11-13H,3-10H2,1-2H3,(H,20,21). The Morgan fingerprint density at radius 3 is 2.64 bits per heavy atom. The number of ether oxygens (including phenoxy) is 1. The van der Waals surface area contributed by atoms with E-state index in [0.717, 1.165) is 51.4 Å². The van der Waals surface area contributed by atoms with E-state index >= 15 is 0 Å². The molecule has 1 spiro atoms. The van der Waals surface area contributed by atoms with Crippen LogP contribution in [0.25, 0.3) is 0 Å². The Bertz CT molecular complexity index is 543. The fourth-order valence-electron chi connectivity index (χ4n) is 6.77. The molecule has 0 amide bonds. The zero-order valence-electron chi connectivity index (χ0n) is 13.6. The number of carboxylic acids is 1. The molecule has 4 heteroatoms. The normalized spacial score (nSPS) is 53.4. The van der Waals surface area contributed by atoms with Gasteiger partial charge in [0.2, 0.25) is 0 Å². The lowest BCUT2D eigenvalue weighted by atomic mass is 9.43. The second kappa shape index (κ2) is 4.27. The highest BCUT2D eigenvalue weighted by Gasteiger charge is 2.67. The van der Waals surface area contributed by atoms with Gasteiger partial charge in [-0.1, -0.05) is 13.3 Å². The smallest absolute Gasteiger partial charge is 0.309 e. The van der Waals surface area contributed by atoms with Gasteiger partial charge in [-0.3, -0.25) is 9.59 Å². The van der Waals surface area contributed by atoms with Gasteiger partial charge >= 0.3 is 11.9 Å². The van der Waals surface area contributed by atoms with Crippen molar-refractivity contribution in [2.24, 2.45) is 28.6 Å². The van der Waals surface area contributed by atoms with Crippen LogP contribution in [0.5, 0.6) is 0 Å². The van der Waals surface area contributed by atoms with Crippen LogP contribution in [0.2, 0.25) is 0 Å². The first kappa shape index (κ1) is 14.5. The molecule has 0 radical (unpaired) electrons. The third-order valence-electron chi connectivity index (χ3n) is 7.79. The maximum absolute atomic E-state index is 12.1. The molecule has 1 heterocycles. The molecule has 3 saturated carbocycles. The number of hydrogen-bond acceptors (Lipinski definition) is 3. The minimum atomic E-state index is -0.642. The van der Waals surface area contributed by atoms with Crippen molar-refractivity contribution in [2.45, 2.75) is 70.8 Å². The summed E-state index contributed by atoms with van der Waals surface area (Å²) < 4.78 is 5.93. The highest BCUT2D eigenvalue weighted by atomic mass is 16.6. The van der Waals surface area contributed by atoms with Crippen LogP contribution >= 0.6 is 0 Å². The van der Waals surface area contributed by atoms with Gasteiger partial charge in [0, 0.05) is 12.3 Å². The number of hydrogen-bond donors (Lipinski definition) is 1. The molecule has 0 aromatic heterocycles. The third-order valence-corrected chi connectivity index (χ3v) is 7.79. The van der Waals surface area contributed by atoms with Crippen molar-refractivity contribution < 1.29 is 19.4 Å². The Morgan fingerprint density at radius 2 is 1.91 bits per heavy atom. The van der Waals surface area contributed by atoms with Crippen LogP contribution in [0, 0.1) is 28.6 Å². The molecule has 22 heavy (non-hydrogen) atoms. The molecule has 1 saturated heterocycles. The molecule has 6 unspecified atom stereocenters. The SMILES string of the molecule is CC1(C(=O)O)CCCC2(C)C3CCC4CC3(CCC12)OC4=O. The van der Waals surface area contributed by atoms with Crippen molar-refractivity contribution in [2.75, 3.05) is 0 Å². The molecular formula is C18H26O4. The molecule has 6 atom stereocenters. The lowest BCUT2D eigenvalue weighted by molar-refractivity contribution is -0.201. The first-order valence-corrected chi connectivity index (χ1v) is 8.78. The molecule has 0 aromatic carbocycles. The zero-order valence-corrected chi connectivity index (χ0v) is 13.6. The zero-order chi connectivity index (χ0) is 15.8. The monoisotopic (exact) mass is 306 g/mol. The summed E-state index contributed by atoms with van der Waals surface area (Å²) in [5.74, 6) is 0.0156. The number of esters is 1. The van der Waals surface area contributed by atoms with E-state index in [1.54, 1.807) is 0 Å². The van der Waals surface area contributed by atoms with Crippen LogP contribution in [0.15, 0.2) is 0 Å². The van der Waals surface area contributed by atoms with E-state index in [-0.39, 0.29) is 28.8 Å². The molecule has 4 aliphatic rings. The number of aliphatic carboxylic acids is 1. The van der Waals surface area contributed by atoms with Gasteiger partial charge in [0.25, 0.3) is 0 Å². The minimum Gasteiger partial charge on any atom is -0.481 e. The highest BCUT2D eigenvalue weighted by molar-refractivity contribution is 5.76. The summed E-state index contributed by atoms with van der Waals surface area (Å²) in [5, 5.41) is 9.83. The molecule has 0 aromatic rings. The van der Waals surface area contributed by atoms with Gasteiger partial charge in [-0.05, 0) is 56.8 Å². The van der Waals surface area contributed by atoms with E-state index in [2.05, 4.69) is 6.92 Å². The second-order valence-electron chi connectivity index (χ2n) is 8.69. The third kappa shape index (κ3) is 1.59. The summed E-state index contributed by atoms with van der Waals surface area (Å²) in [7, 11) is 0. The summed E-state index contributed by atoms with van der Waals surface area (Å²) in [5.41, 5.74) is -0.894. The lowest BCUT2D eigenvalue weighted by Gasteiger charge is -2.61. The number of carbonyl (C=O) groups is 2. The number of carboxylic acid groups (broad SMARTS) is 1. The average Bonchev–Trinajstić information content (AvgIpc) is 2.68. The summed E-state index contributed by atoms with van der Waals surface area (Å²) >= 11 is 0. The number of carbonyl (C=O) groups excluding carboxylic acids is 1. The molecule has 4 rings (SSSR count). The largest absolute Gasteiger partial charge is 0.481 e. The lowest BCUT2D eigenvalue weighted by Crippen LogP contribution is -2.61. The van der Waals surface area contributed by atoms with E-state index in [1.807, 2.05) is 6.92 Å². The van der Waals surface area contributed by atoms with Crippen LogP contribution in [-0.2, 0) is 14.3 Å². The molecule has 122 valence electrons. The maximum atomic E-state index is 12.1. The summed E-state index contributed by atoms with van der Waals surface area (Å²) in [6.45, 7) is 4.23. The molecule has 1 N–H and O–H groups in total. The molecule has 4 nitrogen and oxygen atoms in total. The Hall–Kier alpha value is -1.06. The van der Waals surface area contributed by atoms with Crippen LogP contribution in [-0.4, -0.2) is 22.6 Å². The van der Waals surface area contributed by atoms with Crippen molar-refractivity contribution in [1.29, 1.82) is 0 Å². The Kier molecular flexibility index (Phi) is 2.82. The molecule has 1 aliphatic heterocycles.